The molecule has 6 heteroatoms. The molecule has 5 atom stereocenters. The first-order chi connectivity index (χ1) is 15.6. The van der Waals surface area contributed by atoms with Gasteiger partial charge in [0, 0.05) is 6.54 Å². The van der Waals surface area contributed by atoms with Crippen LogP contribution in [0.25, 0.3) is 0 Å². The number of amides is 3. The van der Waals surface area contributed by atoms with E-state index in [2.05, 4.69) is 17.5 Å². The van der Waals surface area contributed by atoms with Crippen molar-refractivity contribution < 1.29 is 19.1 Å². The SMILES string of the molecule is COc1cccc(C(CC(=O)NCc2ccccc2)N2C(=O)C3C4C=CC(C4)C3C2=O)c1. The third-order valence-corrected chi connectivity index (χ3v) is 7.01. The lowest BCUT2D eigenvalue weighted by molar-refractivity contribution is -0.144. The summed E-state index contributed by atoms with van der Waals surface area (Å²) in [4.78, 5) is 41.1. The van der Waals surface area contributed by atoms with E-state index in [9.17, 15) is 14.4 Å². The van der Waals surface area contributed by atoms with Crippen LogP contribution in [0.15, 0.2) is 66.7 Å². The van der Waals surface area contributed by atoms with Gasteiger partial charge in [-0.2, -0.15) is 0 Å². The van der Waals surface area contributed by atoms with Gasteiger partial charge in [-0.25, -0.2) is 0 Å². The number of fused-ring (bicyclic) bond motifs is 5. The zero-order chi connectivity index (χ0) is 22.2. The number of likely N-dealkylation sites (tertiary alicyclic amines) is 1. The number of hydrogen-bond acceptors (Lipinski definition) is 4. The average Bonchev–Trinajstić information content (AvgIpc) is 3.51. The first-order valence-corrected chi connectivity index (χ1v) is 11.1. The molecular weight excluding hydrogens is 404 g/mol. The lowest BCUT2D eigenvalue weighted by Gasteiger charge is -2.28. The Hall–Kier alpha value is -3.41. The van der Waals surface area contributed by atoms with Crippen molar-refractivity contribution >= 4 is 17.7 Å². The van der Waals surface area contributed by atoms with Crippen molar-refractivity contribution in [3.8, 4) is 5.75 Å². The molecule has 164 valence electrons. The highest BCUT2D eigenvalue weighted by atomic mass is 16.5. The van der Waals surface area contributed by atoms with Gasteiger partial charge in [0.1, 0.15) is 5.75 Å². The van der Waals surface area contributed by atoms with E-state index in [0.717, 1.165) is 17.5 Å². The van der Waals surface area contributed by atoms with Gasteiger partial charge in [-0.3, -0.25) is 19.3 Å². The lowest BCUT2D eigenvalue weighted by Crippen LogP contribution is -2.39. The summed E-state index contributed by atoms with van der Waals surface area (Å²) < 4.78 is 5.35. The molecule has 0 spiro atoms. The number of allylic oxidation sites excluding steroid dienone is 2. The number of imide groups is 1. The predicted octanol–water partition coefficient (Wildman–Crippen LogP) is 3.25. The van der Waals surface area contributed by atoms with Gasteiger partial charge < -0.3 is 10.1 Å². The summed E-state index contributed by atoms with van der Waals surface area (Å²) in [5.41, 5.74) is 1.71. The Bertz CT molecular complexity index is 1050. The van der Waals surface area contributed by atoms with Crippen molar-refractivity contribution in [1.29, 1.82) is 0 Å². The number of carbonyl (C=O) groups excluding carboxylic acids is 3. The summed E-state index contributed by atoms with van der Waals surface area (Å²) in [6.45, 7) is 0.395. The number of ether oxygens (including phenoxy) is 1. The Morgan fingerprint density at radius 3 is 2.38 bits per heavy atom. The highest BCUT2D eigenvalue weighted by Crippen LogP contribution is 2.54. The van der Waals surface area contributed by atoms with Gasteiger partial charge in [-0.05, 0) is 41.5 Å². The van der Waals surface area contributed by atoms with Gasteiger partial charge in [0.15, 0.2) is 0 Å². The first-order valence-electron chi connectivity index (χ1n) is 11.1. The number of hydrogen-bond donors (Lipinski definition) is 1. The van der Waals surface area contributed by atoms with Crippen molar-refractivity contribution in [2.24, 2.45) is 23.7 Å². The Kier molecular flexibility index (Phi) is 5.29. The zero-order valence-corrected chi connectivity index (χ0v) is 17.9. The highest BCUT2D eigenvalue weighted by Gasteiger charge is 2.60. The van der Waals surface area contributed by atoms with Crippen LogP contribution in [-0.2, 0) is 20.9 Å². The molecule has 0 radical (unpaired) electrons. The molecule has 6 nitrogen and oxygen atoms in total. The summed E-state index contributed by atoms with van der Waals surface area (Å²) in [5, 5.41) is 2.93. The summed E-state index contributed by atoms with van der Waals surface area (Å²) >= 11 is 0. The van der Waals surface area contributed by atoms with Gasteiger partial charge in [0.25, 0.3) is 0 Å². The minimum atomic E-state index is -0.661. The second-order valence-electron chi connectivity index (χ2n) is 8.81. The second-order valence-corrected chi connectivity index (χ2v) is 8.81. The maximum absolute atomic E-state index is 13.4. The molecule has 5 unspecified atom stereocenters. The number of benzene rings is 2. The summed E-state index contributed by atoms with van der Waals surface area (Å²) in [6, 6.07) is 16.3. The summed E-state index contributed by atoms with van der Waals surface area (Å²) in [5.74, 6) is -0.218. The van der Waals surface area contributed by atoms with Crippen molar-refractivity contribution in [1.82, 2.24) is 10.2 Å². The Labute approximate surface area is 187 Å². The normalized spacial score (nSPS) is 26.3. The van der Waals surface area contributed by atoms with E-state index < -0.39 is 6.04 Å². The molecule has 32 heavy (non-hydrogen) atoms. The minimum Gasteiger partial charge on any atom is -0.497 e. The fourth-order valence-electron chi connectivity index (χ4n) is 5.48. The van der Waals surface area contributed by atoms with Crippen molar-refractivity contribution in [3.63, 3.8) is 0 Å². The van der Waals surface area contributed by atoms with Crippen LogP contribution in [0.2, 0.25) is 0 Å². The van der Waals surface area contributed by atoms with Crippen molar-refractivity contribution in [2.75, 3.05) is 7.11 Å². The minimum absolute atomic E-state index is 0.0136. The molecule has 1 aliphatic heterocycles. The van der Waals surface area contributed by atoms with E-state index in [1.165, 1.54) is 4.90 Å². The monoisotopic (exact) mass is 430 g/mol. The van der Waals surface area contributed by atoms with Crippen LogP contribution in [-0.4, -0.2) is 29.7 Å². The predicted molar refractivity (Wildman–Crippen MR) is 118 cm³/mol. The quantitative estimate of drug-likeness (QED) is 0.541. The molecular formula is C26H26N2O4. The Morgan fingerprint density at radius 1 is 1.03 bits per heavy atom. The molecule has 2 aromatic carbocycles. The molecule has 1 N–H and O–H groups in total. The third kappa shape index (κ3) is 3.49. The Balaban J connectivity index is 1.41. The van der Waals surface area contributed by atoms with Crippen LogP contribution in [0.5, 0.6) is 5.75 Å². The number of carbonyl (C=O) groups is 3. The highest BCUT2D eigenvalue weighted by molar-refractivity contribution is 6.07. The molecule has 2 aliphatic carbocycles. The lowest BCUT2D eigenvalue weighted by atomic mass is 9.85. The van der Waals surface area contributed by atoms with Crippen molar-refractivity contribution in [2.45, 2.75) is 25.4 Å². The van der Waals surface area contributed by atoms with E-state index in [-0.39, 0.29) is 47.8 Å². The van der Waals surface area contributed by atoms with Crippen LogP contribution in [0.1, 0.15) is 30.0 Å². The fourth-order valence-corrected chi connectivity index (χ4v) is 5.48. The molecule has 5 rings (SSSR count). The molecule has 1 heterocycles. The Morgan fingerprint density at radius 2 is 1.72 bits per heavy atom. The van der Waals surface area contributed by atoms with E-state index in [1.807, 2.05) is 48.5 Å². The van der Waals surface area contributed by atoms with E-state index in [0.29, 0.717) is 12.3 Å². The number of rotatable bonds is 7. The van der Waals surface area contributed by atoms with Gasteiger partial charge in [0.05, 0.1) is 31.4 Å². The maximum Gasteiger partial charge on any atom is 0.234 e. The topological polar surface area (TPSA) is 75.7 Å². The third-order valence-electron chi connectivity index (χ3n) is 7.01. The summed E-state index contributed by atoms with van der Waals surface area (Å²) in [7, 11) is 1.57. The number of nitrogens with zero attached hydrogens (tertiary/aromatic N) is 1. The average molecular weight is 431 g/mol. The molecule has 2 bridgehead atoms. The molecule has 3 aliphatic rings. The first kappa shape index (κ1) is 20.5. The van der Waals surface area contributed by atoms with Crippen LogP contribution < -0.4 is 10.1 Å². The van der Waals surface area contributed by atoms with Crippen LogP contribution in [0, 0.1) is 23.7 Å². The molecule has 0 aromatic heterocycles. The number of methoxy groups -OCH3 is 1. The molecule has 2 fully saturated rings. The van der Waals surface area contributed by atoms with Gasteiger partial charge in [-0.1, -0.05) is 54.6 Å². The van der Waals surface area contributed by atoms with Crippen LogP contribution in [0.4, 0.5) is 0 Å². The molecule has 1 saturated carbocycles. The fraction of sp³-hybridized carbons (Fsp3) is 0.346. The van der Waals surface area contributed by atoms with E-state index in [1.54, 1.807) is 13.2 Å². The van der Waals surface area contributed by atoms with E-state index >= 15 is 0 Å². The standard InChI is InChI=1S/C26H26N2O4/c1-32-20-9-5-8-17(13-20)21(14-22(29)27-15-16-6-3-2-4-7-16)28-25(30)23-18-10-11-19(12-18)24(23)26(28)31/h2-11,13,18-19,21,23-24H,12,14-15H2,1H3,(H,27,29). The molecule has 1 saturated heterocycles. The van der Waals surface area contributed by atoms with E-state index in [4.69, 9.17) is 4.74 Å². The van der Waals surface area contributed by atoms with Crippen LogP contribution in [0.3, 0.4) is 0 Å². The second kappa shape index (κ2) is 8.26. The molecule has 3 amide bonds. The smallest absolute Gasteiger partial charge is 0.234 e. The maximum atomic E-state index is 13.4. The molecule has 2 aromatic rings. The van der Waals surface area contributed by atoms with Gasteiger partial charge in [-0.15, -0.1) is 0 Å². The largest absolute Gasteiger partial charge is 0.497 e. The zero-order valence-electron chi connectivity index (χ0n) is 17.9. The van der Waals surface area contributed by atoms with Gasteiger partial charge >= 0.3 is 0 Å². The number of nitrogens with one attached hydrogen (secondary N) is 1. The summed E-state index contributed by atoms with van der Waals surface area (Å²) in [6.07, 6.45) is 5.04. The van der Waals surface area contributed by atoms with Gasteiger partial charge in [0.2, 0.25) is 17.7 Å². The van der Waals surface area contributed by atoms with Crippen LogP contribution >= 0.6 is 0 Å². The van der Waals surface area contributed by atoms with Crippen molar-refractivity contribution in [3.05, 3.63) is 77.9 Å².